The molecule has 2 fully saturated rings. The number of nitrogens with zero attached hydrogens (tertiary/aromatic N) is 1. The van der Waals surface area contributed by atoms with Crippen LogP contribution in [-0.4, -0.2) is 43.2 Å². The van der Waals surface area contributed by atoms with E-state index < -0.39 is 0 Å². The predicted octanol–water partition coefficient (Wildman–Crippen LogP) is 0.737. The van der Waals surface area contributed by atoms with Crippen LogP contribution in [-0.2, 0) is 4.74 Å². The number of carbonyl (C=O) groups excluding carboxylic acids is 1. The molecular formula is C12H17N3O2S. The van der Waals surface area contributed by atoms with Crippen LogP contribution in [0.5, 0.6) is 0 Å². The van der Waals surface area contributed by atoms with E-state index in [1.807, 2.05) is 0 Å². The van der Waals surface area contributed by atoms with Crippen molar-refractivity contribution in [2.24, 2.45) is 0 Å². The van der Waals surface area contributed by atoms with Gasteiger partial charge in [0.25, 0.3) is 5.91 Å². The second-order valence-electron chi connectivity index (χ2n) is 4.85. The van der Waals surface area contributed by atoms with Crippen molar-refractivity contribution in [2.75, 3.05) is 20.2 Å². The monoisotopic (exact) mass is 267 g/mol. The van der Waals surface area contributed by atoms with Crippen LogP contribution in [0.15, 0.2) is 5.51 Å². The van der Waals surface area contributed by atoms with Gasteiger partial charge in [-0.1, -0.05) is 0 Å². The Hall–Kier alpha value is -0.980. The molecule has 2 heterocycles. The Morgan fingerprint density at radius 2 is 2.39 bits per heavy atom. The Labute approximate surface area is 110 Å². The Bertz CT molecular complexity index is 444. The van der Waals surface area contributed by atoms with Crippen molar-refractivity contribution >= 4 is 17.2 Å². The molecule has 0 radical (unpaired) electrons. The van der Waals surface area contributed by atoms with Crippen LogP contribution in [0.2, 0.25) is 0 Å². The van der Waals surface area contributed by atoms with Gasteiger partial charge < -0.3 is 15.4 Å². The molecule has 1 amide bonds. The van der Waals surface area contributed by atoms with Gasteiger partial charge in [0.05, 0.1) is 23.4 Å². The lowest BCUT2D eigenvalue weighted by molar-refractivity contribution is 0.0782. The lowest BCUT2D eigenvalue weighted by atomic mass is 10.2. The molecule has 0 bridgehead atoms. The van der Waals surface area contributed by atoms with Crippen LogP contribution in [0.25, 0.3) is 0 Å². The number of methoxy groups -OCH3 is 1. The van der Waals surface area contributed by atoms with Gasteiger partial charge >= 0.3 is 0 Å². The van der Waals surface area contributed by atoms with Crippen LogP contribution in [0, 0.1) is 0 Å². The van der Waals surface area contributed by atoms with Crippen LogP contribution in [0.4, 0.5) is 0 Å². The first-order valence-electron chi connectivity index (χ1n) is 6.27. The second kappa shape index (κ2) is 4.95. The summed E-state index contributed by atoms with van der Waals surface area (Å²) in [5.41, 5.74) is 2.75. The average Bonchev–Trinajstić information content (AvgIpc) is 2.93. The highest BCUT2D eigenvalue weighted by Gasteiger charge is 2.33. The zero-order valence-electron chi connectivity index (χ0n) is 10.3. The first-order valence-corrected chi connectivity index (χ1v) is 7.15. The van der Waals surface area contributed by atoms with Crippen molar-refractivity contribution in [2.45, 2.75) is 30.9 Å². The summed E-state index contributed by atoms with van der Waals surface area (Å²) in [5, 5.41) is 6.27. The summed E-state index contributed by atoms with van der Waals surface area (Å²) in [5.74, 6) is 0.507. The fourth-order valence-corrected chi connectivity index (χ4v) is 3.13. The number of nitrogens with one attached hydrogen (secondary N) is 2. The van der Waals surface area contributed by atoms with E-state index in [-0.39, 0.29) is 18.1 Å². The average molecular weight is 267 g/mol. The van der Waals surface area contributed by atoms with Crippen LogP contribution < -0.4 is 10.6 Å². The molecule has 5 nitrogen and oxygen atoms in total. The van der Waals surface area contributed by atoms with Crippen molar-refractivity contribution in [3.63, 3.8) is 0 Å². The second-order valence-corrected chi connectivity index (χ2v) is 5.71. The summed E-state index contributed by atoms with van der Waals surface area (Å²) in [6, 6.07) is 0.0525. The molecule has 0 aromatic carbocycles. The largest absolute Gasteiger partial charge is 0.378 e. The van der Waals surface area contributed by atoms with Gasteiger partial charge in [-0.25, -0.2) is 4.98 Å². The number of hydrogen-bond acceptors (Lipinski definition) is 5. The first kappa shape index (κ1) is 12.1. The summed E-state index contributed by atoms with van der Waals surface area (Å²) in [7, 11) is 1.68. The number of rotatable bonds is 4. The van der Waals surface area contributed by atoms with E-state index in [0.29, 0.717) is 5.92 Å². The number of hydrogen-bond donors (Lipinski definition) is 2. The van der Waals surface area contributed by atoms with Crippen LogP contribution in [0.1, 0.15) is 34.1 Å². The molecular weight excluding hydrogens is 250 g/mol. The lowest BCUT2D eigenvalue weighted by Gasteiger charge is -2.18. The normalized spacial score (nSPS) is 27.4. The topological polar surface area (TPSA) is 63.2 Å². The van der Waals surface area contributed by atoms with E-state index in [9.17, 15) is 4.79 Å². The van der Waals surface area contributed by atoms with Gasteiger partial charge in [0, 0.05) is 26.1 Å². The highest BCUT2D eigenvalue weighted by Crippen LogP contribution is 2.41. The first-order chi connectivity index (χ1) is 8.79. The molecule has 1 aromatic rings. The summed E-state index contributed by atoms with van der Waals surface area (Å²) in [6.07, 6.45) is 2.39. The van der Waals surface area contributed by atoms with Gasteiger partial charge in [-0.2, -0.15) is 0 Å². The van der Waals surface area contributed by atoms with Crippen molar-refractivity contribution in [1.82, 2.24) is 15.6 Å². The smallest absolute Gasteiger partial charge is 0.263 e. The summed E-state index contributed by atoms with van der Waals surface area (Å²) in [6.45, 7) is 1.56. The molecule has 1 aromatic heterocycles. The molecule has 18 heavy (non-hydrogen) atoms. The minimum atomic E-state index is -0.00449. The van der Waals surface area contributed by atoms with E-state index in [1.54, 1.807) is 12.6 Å². The zero-order valence-corrected chi connectivity index (χ0v) is 11.1. The van der Waals surface area contributed by atoms with Crippen molar-refractivity contribution < 1.29 is 9.53 Å². The highest BCUT2D eigenvalue weighted by atomic mass is 32.1. The molecule has 1 saturated carbocycles. The van der Waals surface area contributed by atoms with Gasteiger partial charge in [0.15, 0.2) is 0 Å². The third-order valence-corrected chi connectivity index (χ3v) is 4.38. The predicted molar refractivity (Wildman–Crippen MR) is 69.0 cm³/mol. The number of carbonyl (C=O) groups is 1. The number of aromatic nitrogens is 1. The van der Waals surface area contributed by atoms with Gasteiger partial charge in [-0.3, -0.25) is 4.79 Å². The molecule has 2 atom stereocenters. The Morgan fingerprint density at radius 3 is 3.11 bits per heavy atom. The number of amides is 1. The third kappa shape index (κ3) is 2.28. The van der Waals surface area contributed by atoms with Crippen molar-refractivity contribution in [3.05, 3.63) is 16.1 Å². The van der Waals surface area contributed by atoms with Crippen molar-refractivity contribution in [1.29, 1.82) is 0 Å². The minimum Gasteiger partial charge on any atom is -0.378 e. The molecule has 1 aliphatic heterocycles. The maximum absolute atomic E-state index is 12.3. The summed E-state index contributed by atoms with van der Waals surface area (Å²) in [4.78, 5) is 17.4. The molecule has 1 aliphatic carbocycles. The van der Waals surface area contributed by atoms with Crippen molar-refractivity contribution in [3.8, 4) is 0 Å². The highest BCUT2D eigenvalue weighted by molar-refractivity contribution is 7.11. The van der Waals surface area contributed by atoms with Crippen LogP contribution in [0.3, 0.4) is 0 Å². The summed E-state index contributed by atoms with van der Waals surface area (Å²) < 4.78 is 5.34. The molecule has 1 saturated heterocycles. The molecule has 3 rings (SSSR count). The molecule has 0 spiro atoms. The van der Waals surface area contributed by atoms with Gasteiger partial charge in [0.1, 0.15) is 4.88 Å². The maximum Gasteiger partial charge on any atom is 0.263 e. The van der Waals surface area contributed by atoms with Gasteiger partial charge in [0.2, 0.25) is 0 Å². The third-order valence-electron chi connectivity index (χ3n) is 3.54. The molecule has 6 heteroatoms. The molecule has 2 N–H and O–H groups in total. The van der Waals surface area contributed by atoms with E-state index in [0.717, 1.165) is 36.5 Å². The standard InChI is InChI=1S/C12H17N3O2S/c1-17-9-5-13-4-8(9)15-12(16)11-10(7-2-3-7)14-6-18-11/h6-9,13H,2-5H2,1H3,(H,15,16)/t8-,9+/m1/s1. The zero-order chi connectivity index (χ0) is 12.5. The fourth-order valence-electron chi connectivity index (χ4n) is 2.35. The number of thiazole rings is 1. The fraction of sp³-hybridized carbons (Fsp3) is 0.667. The van der Waals surface area contributed by atoms with Crippen LogP contribution >= 0.6 is 11.3 Å². The van der Waals surface area contributed by atoms with E-state index >= 15 is 0 Å². The van der Waals surface area contributed by atoms with Gasteiger partial charge in [-0.05, 0) is 12.8 Å². The van der Waals surface area contributed by atoms with E-state index in [2.05, 4.69) is 15.6 Å². The minimum absolute atomic E-state index is 0.00449. The van der Waals surface area contributed by atoms with Gasteiger partial charge in [-0.15, -0.1) is 11.3 Å². The summed E-state index contributed by atoms with van der Waals surface area (Å²) >= 11 is 1.43. The van der Waals surface area contributed by atoms with E-state index in [4.69, 9.17) is 4.74 Å². The molecule has 2 aliphatic rings. The Morgan fingerprint density at radius 1 is 1.56 bits per heavy atom. The quantitative estimate of drug-likeness (QED) is 0.844. The molecule has 98 valence electrons. The molecule has 0 unspecified atom stereocenters. The maximum atomic E-state index is 12.3. The Kier molecular flexibility index (Phi) is 3.32. The number of ether oxygens (including phenoxy) is 1. The SMILES string of the molecule is CO[C@H]1CNC[C@H]1NC(=O)c1scnc1C1CC1. The lowest BCUT2D eigenvalue weighted by Crippen LogP contribution is -2.43. The Balaban J connectivity index is 1.68. The van der Waals surface area contributed by atoms with E-state index in [1.165, 1.54) is 11.3 Å².